The van der Waals surface area contributed by atoms with Gasteiger partial charge in [0.1, 0.15) is 11.6 Å². The molecule has 2 rings (SSSR count). The van der Waals surface area contributed by atoms with Crippen LogP contribution in [-0.4, -0.2) is 6.10 Å². The van der Waals surface area contributed by atoms with Gasteiger partial charge < -0.3 is 4.74 Å². The van der Waals surface area contributed by atoms with Gasteiger partial charge in [-0.05, 0) is 43.7 Å². The normalized spacial score (nSPS) is 12.5. The third-order valence-electron chi connectivity index (χ3n) is 3.04. The van der Waals surface area contributed by atoms with Gasteiger partial charge in [0.15, 0.2) is 0 Å². The highest BCUT2D eigenvalue weighted by Crippen LogP contribution is 2.31. The summed E-state index contributed by atoms with van der Waals surface area (Å²) in [5.41, 5.74) is 3.75. The third kappa shape index (κ3) is 3.73. The maximum Gasteiger partial charge on any atom is 0.129 e. The van der Waals surface area contributed by atoms with Crippen molar-refractivity contribution < 1.29 is 9.13 Å². The lowest BCUT2D eigenvalue weighted by molar-refractivity contribution is 0.242. The van der Waals surface area contributed by atoms with E-state index in [4.69, 9.17) is 22.2 Å². The van der Waals surface area contributed by atoms with Crippen LogP contribution in [0.4, 0.5) is 4.39 Å². The smallest absolute Gasteiger partial charge is 0.129 e. The Hall–Kier alpha value is -1.62. The fourth-order valence-corrected chi connectivity index (χ4v) is 2.42. The number of hydrogen-bond acceptors (Lipinski definition) is 3. The van der Waals surface area contributed by atoms with Crippen LogP contribution < -0.4 is 16.0 Å². The highest BCUT2D eigenvalue weighted by atomic mass is 35.5. The topological polar surface area (TPSA) is 47.3 Å². The lowest BCUT2D eigenvalue weighted by atomic mass is 9.98. The second-order valence-corrected chi connectivity index (χ2v) is 5.38. The number of rotatable bonds is 5. The lowest BCUT2D eigenvalue weighted by Gasteiger charge is -2.19. The van der Waals surface area contributed by atoms with Crippen LogP contribution in [-0.2, 0) is 0 Å². The summed E-state index contributed by atoms with van der Waals surface area (Å²) >= 11 is 6.09. The third-order valence-corrected chi connectivity index (χ3v) is 3.37. The van der Waals surface area contributed by atoms with Crippen LogP contribution in [0.15, 0.2) is 42.5 Å². The van der Waals surface area contributed by atoms with Crippen LogP contribution in [0.1, 0.15) is 31.0 Å². The number of nitrogens with one attached hydrogen (secondary N) is 1. The van der Waals surface area contributed by atoms with Gasteiger partial charge in [0.2, 0.25) is 0 Å². The Morgan fingerprint density at radius 2 is 1.81 bits per heavy atom. The number of hydrazine groups is 1. The van der Waals surface area contributed by atoms with Gasteiger partial charge in [0, 0.05) is 10.6 Å². The molecule has 2 aromatic carbocycles. The van der Waals surface area contributed by atoms with Gasteiger partial charge in [-0.25, -0.2) is 9.82 Å². The molecule has 3 nitrogen and oxygen atoms in total. The first-order valence-electron chi connectivity index (χ1n) is 6.69. The molecule has 0 saturated carbocycles. The van der Waals surface area contributed by atoms with E-state index >= 15 is 0 Å². The molecule has 1 unspecified atom stereocenters. The lowest BCUT2D eigenvalue weighted by Crippen LogP contribution is -2.29. The Kier molecular flexibility index (Phi) is 5.17. The van der Waals surface area contributed by atoms with Crippen molar-refractivity contribution in [2.45, 2.75) is 26.0 Å². The molecule has 1 atom stereocenters. The highest BCUT2D eigenvalue weighted by molar-refractivity contribution is 6.31. The van der Waals surface area contributed by atoms with Crippen LogP contribution in [0.25, 0.3) is 0 Å². The zero-order valence-corrected chi connectivity index (χ0v) is 12.7. The number of nitrogens with two attached hydrogens (primary N) is 1. The van der Waals surface area contributed by atoms with Gasteiger partial charge in [-0.2, -0.15) is 0 Å². The number of benzene rings is 2. The van der Waals surface area contributed by atoms with Crippen molar-refractivity contribution >= 4 is 11.6 Å². The van der Waals surface area contributed by atoms with Gasteiger partial charge in [0.25, 0.3) is 0 Å². The van der Waals surface area contributed by atoms with Gasteiger partial charge >= 0.3 is 0 Å². The first-order valence-corrected chi connectivity index (χ1v) is 7.07. The van der Waals surface area contributed by atoms with Crippen molar-refractivity contribution in [2.75, 3.05) is 0 Å². The molecule has 0 fully saturated rings. The van der Waals surface area contributed by atoms with E-state index in [0.717, 1.165) is 11.3 Å². The van der Waals surface area contributed by atoms with E-state index in [2.05, 4.69) is 5.43 Å². The van der Waals surface area contributed by atoms with E-state index in [1.54, 1.807) is 12.1 Å². The Morgan fingerprint density at radius 3 is 2.33 bits per heavy atom. The molecule has 21 heavy (non-hydrogen) atoms. The maximum atomic E-state index is 14.0. The van der Waals surface area contributed by atoms with E-state index in [0.29, 0.717) is 10.6 Å². The van der Waals surface area contributed by atoms with Crippen LogP contribution in [0.3, 0.4) is 0 Å². The molecule has 0 aromatic heterocycles. The average molecular weight is 309 g/mol. The van der Waals surface area contributed by atoms with Gasteiger partial charge in [-0.3, -0.25) is 5.84 Å². The molecule has 112 valence electrons. The van der Waals surface area contributed by atoms with E-state index in [1.165, 1.54) is 6.07 Å². The molecule has 0 bridgehead atoms. The second-order valence-electron chi connectivity index (χ2n) is 4.97. The predicted octanol–water partition coefficient (Wildman–Crippen LogP) is 3.82. The Morgan fingerprint density at radius 1 is 1.14 bits per heavy atom. The average Bonchev–Trinajstić information content (AvgIpc) is 2.44. The quantitative estimate of drug-likeness (QED) is 0.652. The molecule has 0 saturated heterocycles. The summed E-state index contributed by atoms with van der Waals surface area (Å²) in [6.07, 6.45) is 0.0975. The van der Waals surface area contributed by atoms with Crippen molar-refractivity contribution in [1.82, 2.24) is 5.43 Å². The van der Waals surface area contributed by atoms with Crippen LogP contribution >= 0.6 is 11.6 Å². The molecule has 0 amide bonds. The van der Waals surface area contributed by atoms with Gasteiger partial charge in [-0.1, -0.05) is 29.8 Å². The maximum absolute atomic E-state index is 14.0. The van der Waals surface area contributed by atoms with Crippen molar-refractivity contribution in [3.63, 3.8) is 0 Å². The molecule has 0 radical (unpaired) electrons. The van der Waals surface area contributed by atoms with Gasteiger partial charge in [0.05, 0.1) is 12.1 Å². The van der Waals surface area contributed by atoms with E-state index in [1.807, 2.05) is 38.1 Å². The molecule has 0 aliphatic heterocycles. The van der Waals surface area contributed by atoms with Gasteiger partial charge in [-0.15, -0.1) is 0 Å². The van der Waals surface area contributed by atoms with Crippen LogP contribution in [0.5, 0.6) is 5.75 Å². The highest BCUT2D eigenvalue weighted by Gasteiger charge is 2.19. The molecule has 5 heteroatoms. The SMILES string of the molecule is CC(C)Oc1ccc(C(NN)c2c(F)cccc2Cl)cc1. The Labute approximate surface area is 128 Å². The molecule has 2 aromatic rings. The van der Waals surface area contributed by atoms with Crippen LogP contribution in [0, 0.1) is 5.82 Å². The van der Waals surface area contributed by atoms with E-state index in [9.17, 15) is 4.39 Å². The summed E-state index contributed by atoms with van der Waals surface area (Å²) < 4.78 is 19.6. The zero-order valence-electron chi connectivity index (χ0n) is 11.9. The minimum absolute atomic E-state index is 0.0975. The van der Waals surface area contributed by atoms with Crippen molar-refractivity contribution in [1.29, 1.82) is 0 Å². The number of halogens is 2. The summed E-state index contributed by atoms with van der Waals surface area (Å²) in [4.78, 5) is 0. The fraction of sp³-hybridized carbons (Fsp3) is 0.250. The zero-order chi connectivity index (χ0) is 15.4. The first kappa shape index (κ1) is 15.8. The van der Waals surface area contributed by atoms with E-state index in [-0.39, 0.29) is 6.10 Å². The summed E-state index contributed by atoms with van der Waals surface area (Å²) in [6.45, 7) is 3.91. The monoisotopic (exact) mass is 308 g/mol. The molecular weight excluding hydrogens is 291 g/mol. The van der Waals surface area contributed by atoms with Crippen molar-refractivity contribution in [2.24, 2.45) is 5.84 Å². The number of ether oxygens (including phenoxy) is 1. The molecular formula is C16H18ClFN2O. The molecule has 0 spiro atoms. The van der Waals surface area contributed by atoms with Crippen molar-refractivity contribution in [3.8, 4) is 5.75 Å². The summed E-state index contributed by atoms with van der Waals surface area (Å²) in [5, 5.41) is 0.334. The minimum Gasteiger partial charge on any atom is -0.491 e. The number of hydrogen-bond donors (Lipinski definition) is 2. The fourth-order valence-electron chi connectivity index (χ4n) is 2.14. The summed E-state index contributed by atoms with van der Waals surface area (Å²) in [7, 11) is 0. The predicted molar refractivity (Wildman–Crippen MR) is 82.8 cm³/mol. The second kappa shape index (κ2) is 6.89. The summed E-state index contributed by atoms with van der Waals surface area (Å²) in [6, 6.07) is 11.4. The largest absolute Gasteiger partial charge is 0.491 e. The molecule has 3 N–H and O–H groups in total. The molecule has 0 aliphatic carbocycles. The molecule has 0 heterocycles. The first-order chi connectivity index (χ1) is 10.0. The van der Waals surface area contributed by atoms with Crippen molar-refractivity contribution in [3.05, 3.63) is 64.4 Å². The van der Waals surface area contributed by atoms with Crippen LogP contribution in [0.2, 0.25) is 5.02 Å². The minimum atomic E-state index is -0.521. The standard InChI is InChI=1S/C16H18ClFN2O/c1-10(2)21-12-8-6-11(7-9-12)16(20-19)15-13(17)4-3-5-14(15)18/h3-10,16,20H,19H2,1-2H3. The Bertz CT molecular complexity index is 581. The Balaban J connectivity index is 2.33. The molecule has 0 aliphatic rings. The van der Waals surface area contributed by atoms with E-state index < -0.39 is 11.9 Å². The summed E-state index contributed by atoms with van der Waals surface area (Å²) in [5.74, 6) is 5.95.